The number of fused-ring (bicyclic) bond motifs is 1. The van der Waals surface area contributed by atoms with Crippen molar-refractivity contribution in [2.24, 2.45) is 0 Å². The SMILES string of the molecule is COc1cc(-c2nc3ccc(C)cc3[nH]2)ccc1OCC#CCN1CCOCC1. The molecule has 6 nitrogen and oxygen atoms in total. The molecule has 0 aliphatic carbocycles. The lowest BCUT2D eigenvalue weighted by Crippen LogP contribution is -2.36. The van der Waals surface area contributed by atoms with E-state index >= 15 is 0 Å². The lowest BCUT2D eigenvalue weighted by atomic mass is 10.2. The van der Waals surface area contributed by atoms with Gasteiger partial charge in [0.2, 0.25) is 0 Å². The number of methoxy groups -OCH3 is 1. The van der Waals surface area contributed by atoms with Crippen LogP contribution in [0.5, 0.6) is 11.5 Å². The predicted molar refractivity (Wildman–Crippen MR) is 113 cm³/mol. The summed E-state index contributed by atoms with van der Waals surface area (Å²) in [4.78, 5) is 10.3. The average Bonchev–Trinajstić information content (AvgIpc) is 3.17. The summed E-state index contributed by atoms with van der Waals surface area (Å²) in [5.41, 5.74) is 4.11. The van der Waals surface area contributed by atoms with Crippen LogP contribution in [0.4, 0.5) is 0 Å². The number of benzene rings is 2. The number of imidazole rings is 1. The molecular formula is C23H25N3O3. The molecule has 29 heavy (non-hydrogen) atoms. The molecule has 1 aromatic heterocycles. The van der Waals surface area contributed by atoms with E-state index in [1.165, 1.54) is 5.56 Å². The first-order chi connectivity index (χ1) is 14.2. The molecule has 1 aliphatic heterocycles. The van der Waals surface area contributed by atoms with Gasteiger partial charge in [0.1, 0.15) is 12.4 Å². The van der Waals surface area contributed by atoms with Crippen molar-refractivity contribution in [3.63, 3.8) is 0 Å². The van der Waals surface area contributed by atoms with Gasteiger partial charge >= 0.3 is 0 Å². The maximum atomic E-state index is 5.81. The van der Waals surface area contributed by atoms with E-state index in [2.05, 4.69) is 45.8 Å². The van der Waals surface area contributed by atoms with E-state index < -0.39 is 0 Å². The molecule has 0 bridgehead atoms. The van der Waals surface area contributed by atoms with E-state index in [0.717, 1.165) is 55.3 Å². The number of rotatable bonds is 5. The van der Waals surface area contributed by atoms with Gasteiger partial charge in [-0.2, -0.15) is 0 Å². The number of nitrogens with one attached hydrogen (secondary N) is 1. The van der Waals surface area contributed by atoms with Gasteiger partial charge in [0.15, 0.2) is 11.5 Å². The Morgan fingerprint density at radius 3 is 2.79 bits per heavy atom. The maximum absolute atomic E-state index is 5.81. The van der Waals surface area contributed by atoms with Crippen molar-refractivity contribution in [1.82, 2.24) is 14.9 Å². The van der Waals surface area contributed by atoms with Crippen LogP contribution >= 0.6 is 0 Å². The van der Waals surface area contributed by atoms with E-state index in [1.54, 1.807) is 7.11 Å². The van der Waals surface area contributed by atoms with Gasteiger partial charge in [-0.3, -0.25) is 4.90 Å². The zero-order valence-corrected chi connectivity index (χ0v) is 16.8. The minimum atomic E-state index is 0.323. The van der Waals surface area contributed by atoms with Gasteiger partial charge in [0, 0.05) is 18.7 Å². The second-order valence-corrected chi connectivity index (χ2v) is 7.00. The summed E-state index contributed by atoms with van der Waals surface area (Å²) in [6.07, 6.45) is 0. The van der Waals surface area contributed by atoms with E-state index in [9.17, 15) is 0 Å². The number of hydrogen-bond donors (Lipinski definition) is 1. The van der Waals surface area contributed by atoms with Crippen LogP contribution in [0.15, 0.2) is 36.4 Å². The fourth-order valence-corrected chi connectivity index (χ4v) is 3.29. The lowest BCUT2D eigenvalue weighted by Gasteiger charge is -2.24. The molecule has 4 rings (SSSR count). The quantitative estimate of drug-likeness (QED) is 0.677. The maximum Gasteiger partial charge on any atom is 0.162 e. The zero-order valence-electron chi connectivity index (χ0n) is 16.8. The molecule has 0 spiro atoms. The standard InChI is InChI=1S/C23H25N3O3/c1-17-5-7-19-20(15-17)25-23(24-19)18-6-8-21(22(16-18)27-2)29-12-4-3-9-26-10-13-28-14-11-26/h5-8,15-16H,9-14H2,1-2H3,(H,24,25). The highest BCUT2D eigenvalue weighted by Crippen LogP contribution is 2.32. The van der Waals surface area contributed by atoms with E-state index in [4.69, 9.17) is 14.2 Å². The molecule has 1 saturated heterocycles. The van der Waals surface area contributed by atoms with Gasteiger partial charge in [0.05, 0.1) is 37.9 Å². The van der Waals surface area contributed by atoms with Crippen LogP contribution in [0.25, 0.3) is 22.4 Å². The van der Waals surface area contributed by atoms with Crippen LogP contribution in [-0.2, 0) is 4.74 Å². The summed E-state index contributed by atoms with van der Waals surface area (Å²) in [5.74, 6) is 8.37. The summed E-state index contributed by atoms with van der Waals surface area (Å²) in [5, 5.41) is 0. The third-order valence-electron chi connectivity index (χ3n) is 4.91. The third-order valence-corrected chi connectivity index (χ3v) is 4.91. The summed E-state index contributed by atoms with van der Waals surface area (Å²) in [6.45, 7) is 6.58. The van der Waals surface area contributed by atoms with Gasteiger partial charge in [-0.15, -0.1) is 0 Å². The van der Waals surface area contributed by atoms with Crippen molar-refractivity contribution in [3.8, 4) is 34.7 Å². The van der Waals surface area contributed by atoms with E-state index in [0.29, 0.717) is 18.1 Å². The number of hydrogen-bond acceptors (Lipinski definition) is 5. The molecule has 6 heteroatoms. The fourth-order valence-electron chi connectivity index (χ4n) is 3.29. The molecule has 0 atom stereocenters. The van der Waals surface area contributed by atoms with Crippen molar-refractivity contribution < 1.29 is 14.2 Å². The molecule has 3 aromatic rings. The van der Waals surface area contributed by atoms with Crippen molar-refractivity contribution >= 4 is 11.0 Å². The lowest BCUT2D eigenvalue weighted by molar-refractivity contribution is 0.0443. The summed E-state index contributed by atoms with van der Waals surface area (Å²) < 4.78 is 16.7. The molecule has 150 valence electrons. The summed E-state index contributed by atoms with van der Waals surface area (Å²) in [6, 6.07) is 12.0. The Kier molecular flexibility index (Phi) is 5.99. The molecule has 2 heterocycles. The molecule has 0 amide bonds. The first-order valence-corrected chi connectivity index (χ1v) is 9.76. The zero-order chi connectivity index (χ0) is 20.1. The molecule has 0 unspecified atom stereocenters. The van der Waals surface area contributed by atoms with E-state index in [1.807, 2.05) is 24.3 Å². The van der Waals surface area contributed by atoms with Gasteiger partial charge in [0.25, 0.3) is 0 Å². The normalized spacial score (nSPS) is 14.4. The number of aryl methyl sites for hydroxylation is 1. The number of nitrogens with zero attached hydrogens (tertiary/aromatic N) is 2. The molecule has 0 radical (unpaired) electrons. The average molecular weight is 391 g/mol. The predicted octanol–water partition coefficient (Wildman–Crippen LogP) is 3.26. The Balaban J connectivity index is 1.42. The Labute approximate surface area is 170 Å². The van der Waals surface area contributed by atoms with Gasteiger partial charge in [-0.25, -0.2) is 4.98 Å². The molecule has 1 fully saturated rings. The van der Waals surface area contributed by atoms with Crippen molar-refractivity contribution in [2.45, 2.75) is 6.92 Å². The molecular weight excluding hydrogens is 366 g/mol. The van der Waals surface area contributed by atoms with Crippen molar-refractivity contribution in [1.29, 1.82) is 0 Å². The number of H-pyrrole nitrogens is 1. The number of aromatic nitrogens is 2. The largest absolute Gasteiger partial charge is 0.493 e. The Morgan fingerprint density at radius 2 is 1.97 bits per heavy atom. The van der Waals surface area contributed by atoms with Crippen molar-refractivity contribution in [3.05, 3.63) is 42.0 Å². The van der Waals surface area contributed by atoms with E-state index in [-0.39, 0.29) is 0 Å². The highest BCUT2D eigenvalue weighted by molar-refractivity contribution is 5.80. The van der Waals surface area contributed by atoms with Crippen LogP contribution < -0.4 is 9.47 Å². The molecule has 2 aromatic carbocycles. The van der Waals surface area contributed by atoms with Gasteiger partial charge in [-0.1, -0.05) is 17.9 Å². The minimum absolute atomic E-state index is 0.323. The van der Waals surface area contributed by atoms with Crippen molar-refractivity contribution in [2.75, 3.05) is 46.6 Å². The molecule has 1 N–H and O–H groups in total. The molecule has 0 saturated carbocycles. The highest BCUT2D eigenvalue weighted by atomic mass is 16.5. The first kappa shape index (κ1) is 19.3. The topological polar surface area (TPSA) is 59.6 Å². The van der Waals surface area contributed by atoms with Crippen LogP contribution in [0.2, 0.25) is 0 Å². The second-order valence-electron chi connectivity index (χ2n) is 7.00. The second kappa shape index (κ2) is 8.99. The highest BCUT2D eigenvalue weighted by Gasteiger charge is 2.11. The number of ether oxygens (including phenoxy) is 3. The fraction of sp³-hybridized carbons (Fsp3) is 0.348. The first-order valence-electron chi connectivity index (χ1n) is 9.76. The Hall–Kier alpha value is -3.01. The van der Waals surface area contributed by atoms with Gasteiger partial charge < -0.3 is 19.2 Å². The monoisotopic (exact) mass is 391 g/mol. The number of aromatic amines is 1. The van der Waals surface area contributed by atoms with Crippen LogP contribution in [0.1, 0.15) is 5.56 Å². The van der Waals surface area contributed by atoms with Crippen LogP contribution in [-0.4, -0.2) is 61.4 Å². The Bertz CT molecular complexity index is 1040. The smallest absolute Gasteiger partial charge is 0.162 e. The van der Waals surface area contributed by atoms with Gasteiger partial charge in [-0.05, 0) is 42.8 Å². The number of morpholine rings is 1. The summed E-state index contributed by atoms with van der Waals surface area (Å²) >= 11 is 0. The molecule has 1 aliphatic rings. The van der Waals surface area contributed by atoms with Crippen LogP contribution in [0.3, 0.4) is 0 Å². The summed E-state index contributed by atoms with van der Waals surface area (Å²) in [7, 11) is 1.64. The van der Waals surface area contributed by atoms with Crippen LogP contribution in [0, 0.1) is 18.8 Å². The minimum Gasteiger partial charge on any atom is -0.493 e. The Morgan fingerprint density at radius 1 is 1.10 bits per heavy atom. The third kappa shape index (κ3) is 4.70.